The van der Waals surface area contributed by atoms with Crippen molar-refractivity contribution in [2.75, 3.05) is 16.8 Å². The van der Waals surface area contributed by atoms with Crippen molar-refractivity contribution in [2.24, 2.45) is 0 Å². The predicted octanol–water partition coefficient (Wildman–Crippen LogP) is 5.56. The van der Waals surface area contributed by atoms with E-state index in [1.165, 1.54) is 29.2 Å². The lowest BCUT2D eigenvalue weighted by molar-refractivity contribution is -0.127. The first-order valence-electron chi connectivity index (χ1n) is 13.8. The Kier molecular flexibility index (Phi) is 10.2. The van der Waals surface area contributed by atoms with E-state index in [4.69, 9.17) is 4.74 Å². The van der Waals surface area contributed by atoms with Gasteiger partial charge in [-0.3, -0.25) is 19.3 Å². The minimum Gasteiger partial charge on any atom is -0.494 e. The van der Waals surface area contributed by atoms with Crippen LogP contribution in [0.25, 0.3) is 0 Å². The monoisotopic (exact) mass is 546 g/mol. The van der Waals surface area contributed by atoms with Crippen LogP contribution in [0.1, 0.15) is 63.5 Å². The second-order valence-corrected chi connectivity index (χ2v) is 9.75. The van der Waals surface area contributed by atoms with Gasteiger partial charge in [0.15, 0.2) is 0 Å². The summed E-state index contributed by atoms with van der Waals surface area (Å²) in [4.78, 5) is 45.5. The van der Waals surface area contributed by atoms with E-state index in [1.807, 2.05) is 6.92 Å². The van der Waals surface area contributed by atoms with Crippen molar-refractivity contribution < 1.29 is 23.5 Å². The Bertz CT molecular complexity index is 1260. The number of nitrogens with one attached hydrogen (secondary N) is 2. The number of anilines is 2. The largest absolute Gasteiger partial charge is 0.494 e. The van der Waals surface area contributed by atoms with Gasteiger partial charge in [0.2, 0.25) is 17.7 Å². The van der Waals surface area contributed by atoms with Crippen molar-refractivity contribution in [3.8, 4) is 5.75 Å². The molecule has 1 aromatic heterocycles. The lowest BCUT2D eigenvalue weighted by atomic mass is 10.0. The molecule has 0 unspecified atom stereocenters. The van der Waals surface area contributed by atoms with Crippen LogP contribution in [0, 0.1) is 5.82 Å². The molecule has 8 nitrogen and oxygen atoms in total. The Labute approximate surface area is 233 Å². The summed E-state index contributed by atoms with van der Waals surface area (Å²) in [7, 11) is 0. The Morgan fingerprint density at radius 1 is 1.00 bits per heavy atom. The first-order valence-corrected chi connectivity index (χ1v) is 13.8. The summed E-state index contributed by atoms with van der Waals surface area (Å²) in [5, 5.41) is 5.84. The van der Waals surface area contributed by atoms with E-state index in [2.05, 4.69) is 15.6 Å². The molecular formula is C31H35FN4O4. The number of carbonyl (C=O) groups excluding carboxylic acids is 3. The molecule has 1 saturated carbocycles. The smallest absolute Gasteiger partial charge is 0.248 e. The third-order valence-corrected chi connectivity index (χ3v) is 6.82. The molecule has 4 rings (SSSR count). The molecule has 0 bridgehead atoms. The van der Waals surface area contributed by atoms with E-state index >= 15 is 0 Å². The average molecular weight is 547 g/mol. The van der Waals surface area contributed by atoms with E-state index in [-0.39, 0.29) is 43.0 Å². The number of hydrogen-bond donors (Lipinski definition) is 2. The van der Waals surface area contributed by atoms with Crippen LogP contribution >= 0.6 is 0 Å². The lowest BCUT2D eigenvalue weighted by Crippen LogP contribution is -2.46. The van der Waals surface area contributed by atoms with Crippen LogP contribution in [0.15, 0.2) is 72.9 Å². The van der Waals surface area contributed by atoms with Crippen LogP contribution in [-0.2, 0) is 14.4 Å². The van der Waals surface area contributed by atoms with Gasteiger partial charge in [0.1, 0.15) is 23.4 Å². The Morgan fingerprint density at radius 2 is 1.73 bits per heavy atom. The summed E-state index contributed by atoms with van der Waals surface area (Å²) in [6.07, 6.45) is 5.81. The van der Waals surface area contributed by atoms with Gasteiger partial charge in [-0.1, -0.05) is 31.0 Å². The number of halogens is 1. The summed E-state index contributed by atoms with van der Waals surface area (Å²) < 4.78 is 19.4. The zero-order chi connectivity index (χ0) is 28.3. The zero-order valence-corrected chi connectivity index (χ0v) is 22.6. The molecule has 0 saturated heterocycles. The number of pyridine rings is 1. The maximum absolute atomic E-state index is 13.8. The molecule has 9 heteroatoms. The van der Waals surface area contributed by atoms with Gasteiger partial charge in [0, 0.05) is 30.8 Å². The molecule has 1 fully saturated rings. The fraction of sp³-hybridized carbons (Fsp3) is 0.355. The number of nitrogens with zero attached hydrogens (tertiary/aromatic N) is 2. The number of ether oxygens (including phenoxy) is 1. The topological polar surface area (TPSA) is 101 Å². The molecule has 3 amide bonds. The van der Waals surface area contributed by atoms with Crippen LogP contribution in [0.3, 0.4) is 0 Å². The SMILES string of the molecule is CCOc1ccc([C@H](C(=O)NC2CCCC2)N(C(=O)CCCC(=O)Nc2ccccn2)c2ccc(F)cc2)cc1. The number of aromatic nitrogens is 1. The van der Waals surface area contributed by atoms with Crippen molar-refractivity contribution in [1.29, 1.82) is 0 Å². The highest BCUT2D eigenvalue weighted by atomic mass is 19.1. The highest BCUT2D eigenvalue weighted by Gasteiger charge is 2.34. The van der Waals surface area contributed by atoms with Crippen LogP contribution in [0.5, 0.6) is 5.75 Å². The van der Waals surface area contributed by atoms with Crippen molar-refractivity contribution >= 4 is 29.2 Å². The first kappa shape index (κ1) is 28.7. The molecular weight excluding hydrogens is 511 g/mol. The van der Waals surface area contributed by atoms with Gasteiger partial charge in [-0.15, -0.1) is 0 Å². The molecule has 1 aliphatic carbocycles. The number of benzene rings is 2. The highest BCUT2D eigenvalue weighted by Crippen LogP contribution is 2.31. The average Bonchev–Trinajstić information content (AvgIpc) is 3.46. The Balaban J connectivity index is 1.58. The van der Waals surface area contributed by atoms with Gasteiger partial charge < -0.3 is 15.4 Å². The minimum absolute atomic E-state index is 0.0112. The number of hydrogen-bond acceptors (Lipinski definition) is 5. The second-order valence-electron chi connectivity index (χ2n) is 9.75. The number of carbonyl (C=O) groups is 3. The van der Waals surface area contributed by atoms with Gasteiger partial charge in [-0.2, -0.15) is 0 Å². The third kappa shape index (κ3) is 7.88. The van der Waals surface area contributed by atoms with Crippen molar-refractivity contribution in [3.05, 3.63) is 84.3 Å². The number of rotatable bonds is 12. The van der Waals surface area contributed by atoms with Gasteiger partial charge in [0.25, 0.3) is 0 Å². The number of amides is 3. The molecule has 0 radical (unpaired) electrons. The molecule has 0 aliphatic heterocycles. The second kappa shape index (κ2) is 14.2. The van der Waals surface area contributed by atoms with Crippen LogP contribution in [-0.4, -0.2) is 35.4 Å². The Morgan fingerprint density at radius 3 is 2.38 bits per heavy atom. The maximum Gasteiger partial charge on any atom is 0.248 e. The van der Waals surface area contributed by atoms with E-state index in [0.29, 0.717) is 29.4 Å². The summed E-state index contributed by atoms with van der Waals surface area (Å²) >= 11 is 0. The maximum atomic E-state index is 13.8. The summed E-state index contributed by atoms with van der Waals surface area (Å²) in [6.45, 7) is 2.39. The molecule has 40 heavy (non-hydrogen) atoms. The fourth-order valence-electron chi connectivity index (χ4n) is 4.88. The van der Waals surface area contributed by atoms with Gasteiger partial charge in [-0.25, -0.2) is 9.37 Å². The standard InChI is InChI=1S/C31H35FN4O4/c1-2-40-26-19-13-22(14-20-26)30(31(39)34-24-8-3-4-9-24)36(25-17-15-23(32)16-18-25)29(38)12-7-11-28(37)35-27-10-5-6-21-33-27/h5-6,10,13-21,24,30H,2-4,7-9,11-12H2,1H3,(H,34,39)(H,33,35,37)/t30-/m1/s1. The first-order chi connectivity index (χ1) is 19.4. The lowest BCUT2D eigenvalue weighted by Gasteiger charge is -2.32. The van der Waals surface area contributed by atoms with E-state index < -0.39 is 11.9 Å². The van der Waals surface area contributed by atoms with E-state index in [1.54, 1.807) is 48.7 Å². The summed E-state index contributed by atoms with van der Waals surface area (Å²) in [5.74, 6) is -0.276. The van der Waals surface area contributed by atoms with Crippen LogP contribution in [0.4, 0.5) is 15.9 Å². The van der Waals surface area contributed by atoms with E-state index in [0.717, 1.165) is 25.7 Å². The van der Waals surface area contributed by atoms with Gasteiger partial charge in [0.05, 0.1) is 6.61 Å². The molecule has 2 N–H and O–H groups in total. The van der Waals surface area contributed by atoms with Crippen molar-refractivity contribution in [3.63, 3.8) is 0 Å². The third-order valence-electron chi connectivity index (χ3n) is 6.82. The highest BCUT2D eigenvalue weighted by molar-refractivity contribution is 6.01. The Hall–Kier alpha value is -4.27. The minimum atomic E-state index is -0.989. The van der Waals surface area contributed by atoms with Gasteiger partial charge >= 0.3 is 0 Å². The predicted molar refractivity (Wildman–Crippen MR) is 151 cm³/mol. The summed E-state index contributed by atoms with van der Waals surface area (Å²) in [5.41, 5.74) is 0.995. The molecule has 1 atom stereocenters. The van der Waals surface area contributed by atoms with Crippen LogP contribution in [0.2, 0.25) is 0 Å². The van der Waals surface area contributed by atoms with Crippen LogP contribution < -0.4 is 20.3 Å². The van der Waals surface area contributed by atoms with Gasteiger partial charge in [-0.05, 0) is 80.3 Å². The molecule has 0 spiro atoms. The molecule has 1 aliphatic rings. The molecule has 210 valence electrons. The fourth-order valence-corrected chi connectivity index (χ4v) is 4.88. The quantitative estimate of drug-likeness (QED) is 0.310. The van der Waals surface area contributed by atoms with Crippen molar-refractivity contribution in [2.45, 2.75) is 64.0 Å². The molecule has 3 aromatic rings. The molecule has 2 aromatic carbocycles. The summed E-state index contributed by atoms with van der Waals surface area (Å²) in [6, 6.07) is 16.8. The van der Waals surface area contributed by atoms with E-state index in [9.17, 15) is 18.8 Å². The van der Waals surface area contributed by atoms with Crippen molar-refractivity contribution in [1.82, 2.24) is 10.3 Å². The zero-order valence-electron chi connectivity index (χ0n) is 22.6. The normalized spacial score (nSPS) is 13.8. The molecule has 1 heterocycles.